The van der Waals surface area contributed by atoms with Crippen LogP contribution in [0.25, 0.3) is 0 Å². The molecule has 166 valence electrons. The first-order valence-electron chi connectivity index (χ1n) is 8.82. The van der Waals surface area contributed by atoms with Crippen molar-refractivity contribution in [2.75, 3.05) is 10.0 Å². The van der Waals surface area contributed by atoms with Gasteiger partial charge in [0.2, 0.25) is 0 Å². The Morgan fingerprint density at radius 1 is 0.906 bits per heavy atom. The number of nitro benzene ring substituents is 1. The summed E-state index contributed by atoms with van der Waals surface area (Å²) in [5.41, 5.74) is -1.29. The molecular weight excluding hydrogens is 451 g/mol. The Bertz CT molecular complexity index is 1280. The number of nitrogens with zero attached hydrogens (tertiary/aromatic N) is 1. The average Bonchev–Trinajstić information content (AvgIpc) is 2.73. The quantitative estimate of drug-likeness (QED) is 0.405. The lowest BCUT2D eigenvalue weighted by atomic mass is 10.1. The zero-order valence-corrected chi connectivity index (χ0v) is 16.8. The highest BCUT2D eigenvalue weighted by Crippen LogP contribution is 2.30. The first kappa shape index (κ1) is 22.7. The normalized spacial score (nSPS) is 11.6. The molecule has 0 saturated carbocycles. The van der Waals surface area contributed by atoms with E-state index in [1.54, 1.807) is 0 Å². The number of hydrogen-bond donors (Lipinski definition) is 2. The molecule has 0 saturated heterocycles. The van der Waals surface area contributed by atoms with Gasteiger partial charge in [-0.1, -0.05) is 12.1 Å². The molecule has 0 aliphatic rings. The first-order chi connectivity index (χ1) is 15.0. The Labute approximate surface area is 179 Å². The maximum atomic E-state index is 12.8. The van der Waals surface area contributed by atoms with Crippen molar-refractivity contribution in [2.24, 2.45) is 0 Å². The fraction of sp³-hybridized carbons (Fsp3) is 0.0500. The number of non-ortho nitro benzene ring substituents is 1. The van der Waals surface area contributed by atoms with Gasteiger partial charge in [0.25, 0.3) is 21.6 Å². The summed E-state index contributed by atoms with van der Waals surface area (Å²) in [6, 6.07) is 13.6. The highest BCUT2D eigenvalue weighted by molar-refractivity contribution is 7.92. The lowest BCUT2D eigenvalue weighted by molar-refractivity contribution is -0.384. The van der Waals surface area contributed by atoms with Crippen LogP contribution < -0.4 is 10.0 Å². The van der Waals surface area contributed by atoms with Crippen LogP contribution in [0.15, 0.2) is 77.7 Å². The van der Waals surface area contributed by atoms with Gasteiger partial charge in [0, 0.05) is 29.1 Å². The van der Waals surface area contributed by atoms with E-state index < -0.39 is 32.6 Å². The summed E-state index contributed by atoms with van der Waals surface area (Å²) in [7, 11) is -4.11. The molecule has 0 aromatic heterocycles. The van der Waals surface area contributed by atoms with Crippen molar-refractivity contribution >= 4 is 33.0 Å². The van der Waals surface area contributed by atoms with Gasteiger partial charge in [-0.25, -0.2) is 8.42 Å². The third kappa shape index (κ3) is 5.40. The molecule has 0 aliphatic carbocycles. The van der Waals surface area contributed by atoms with E-state index in [0.717, 1.165) is 42.5 Å². The van der Waals surface area contributed by atoms with E-state index in [2.05, 4.69) is 10.0 Å². The van der Waals surface area contributed by atoms with Gasteiger partial charge < -0.3 is 5.32 Å². The van der Waals surface area contributed by atoms with Gasteiger partial charge >= 0.3 is 6.18 Å². The van der Waals surface area contributed by atoms with Crippen molar-refractivity contribution in [3.05, 3.63) is 94.0 Å². The molecule has 0 bridgehead atoms. The van der Waals surface area contributed by atoms with Gasteiger partial charge in [0.1, 0.15) is 0 Å². The van der Waals surface area contributed by atoms with Crippen molar-refractivity contribution in [3.8, 4) is 0 Å². The summed E-state index contributed by atoms with van der Waals surface area (Å²) < 4.78 is 65.7. The summed E-state index contributed by atoms with van der Waals surface area (Å²) in [5.74, 6) is -0.749. The van der Waals surface area contributed by atoms with Gasteiger partial charge in [0.15, 0.2) is 0 Å². The molecular formula is C20H14F3N3O5S. The zero-order valence-electron chi connectivity index (χ0n) is 16.0. The highest BCUT2D eigenvalue weighted by Gasteiger charge is 2.30. The molecule has 32 heavy (non-hydrogen) atoms. The number of benzene rings is 3. The van der Waals surface area contributed by atoms with Crippen LogP contribution in [0.2, 0.25) is 0 Å². The van der Waals surface area contributed by atoms with Gasteiger partial charge in [0.05, 0.1) is 15.4 Å². The standard InChI is InChI=1S/C20H14F3N3O5S/c21-20(22,23)14-4-2-5-15(12-14)24-19(27)13-3-1-6-16(11-13)25-32(30,31)18-9-7-17(8-10-18)26(28)29/h1-12,25H,(H,24,27). The molecule has 0 aliphatic heterocycles. The maximum Gasteiger partial charge on any atom is 0.416 e. The number of amides is 1. The summed E-state index contributed by atoms with van der Waals surface area (Å²) in [6.07, 6.45) is -4.57. The van der Waals surface area contributed by atoms with Gasteiger partial charge in [-0.3, -0.25) is 19.6 Å². The number of anilines is 2. The van der Waals surface area contributed by atoms with Crippen LogP contribution in [0.5, 0.6) is 0 Å². The lowest BCUT2D eigenvalue weighted by Crippen LogP contribution is -2.15. The fourth-order valence-electron chi connectivity index (χ4n) is 2.66. The fourth-order valence-corrected chi connectivity index (χ4v) is 3.71. The Morgan fingerprint density at radius 2 is 1.53 bits per heavy atom. The molecule has 0 heterocycles. The molecule has 0 radical (unpaired) electrons. The van der Waals surface area contributed by atoms with E-state index in [4.69, 9.17) is 0 Å². The minimum absolute atomic E-state index is 0.00805. The number of nitrogens with one attached hydrogen (secondary N) is 2. The summed E-state index contributed by atoms with van der Waals surface area (Å²) in [5, 5.41) is 13.0. The summed E-state index contributed by atoms with van der Waals surface area (Å²) in [4.78, 5) is 22.2. The van der Waals surface area contributed by atoms with Crippen LogP contribution in [-0.2, 0) is 16.2 Å². The second-order valence-corrected chi connectivity index (χ2v) is 8.15. The zero-order chi connectivity index (χ0) is 23.5. The first-order valence-corrected chi connectivity index (χ1v) is 10.3. The smallest absolute Gasteiger partial charge is 0.322 e. The summed E-state index contributed by atoms with van der Waals surface area (Å²) in [6.45, 7) is 0. The second kappa shape index (κ2) is 8.67. The van der Waals surface area contributed by atoms with Crippen LogP contribution in [0.1, 0.15) is 15.9 Å². The molecule has 8 nitrogen and oxygen atoms in total. The van der Waals surface area contributed by atoms with Crippen LogP contribution in [0.3, 0.4) is 0 Å². The van der Waals surface area contributed by atoms with Crippen molar-refractivity contribution < 1.29 is 31.3 Å². The molecule has 0 spiro atoms. The average molecular weight is 465 g/mol. The van der Waals surface area contributed by atoms with Gasteiger partial charge in [-0.05, 0) is 48.5 Å². The highest BCUT2D eigenvalue weighted by atomic mass is 32.2. The van der Waals surface area contributed by atoms with Crippen molar-refractivity contribution in [2.45, 2.75) is 11.1 Å². The van der Waals surface area contributed by atoms with Gasteiger partial charge in [-0.15, -0.1) is 0 Å². The molecule has 0 atom stereocenters. The SMILES string of the molecule is O=C(Nc1cccc(C(F)(F)F)c1)c1cccc(NS(=O)(=O)c2ccc([N+](=O)[O-])cc2)c1. The van der Waals surface area contributed by atoms with Crippen LogP contribution in [0.4, 0.5) is 30.2 Å². The minimum Gasteiger partial charge on any atom is -0.322 e. The van der Waals surface area contributed by atoms with Crippen LogP contribution in [-0.4, -0.2) is 19.2 Å². The van der Waals surface area contributed by atoms with Crippen molar-refractivity contribution in [1.82, 2.24) is 0 Å². The van der Waals surface area contributed by atoms with Crippen molar-refractivity contribution in [1.29, 1.82) is 0 Å². The number of alkyl halides is 3. The molecule has 0 fully saturated rings. The van der Waals surface area contributed by atoms with E-state index in [9.17, 15) is 36.5 Å². The monoisotopic (exact) mass is 465 g/mol. The molecule has 12 heteroatoms. The Kier molecular flexibility index (Phi) is 6.16. The summed E-state index contributed by atoms with van der Waals surface area (Å²) >= 11 is 0. The molecule has 1 amide bonds. The second-order valence-electron chi connectivity index (χ2n) is 6.47. The number of sulfonamides is 1. The van der Waals surface area contributed by atoms with Crippen LogP contribution in [0, 0.1) is 10.1 Å². The molecule has 3 aromatic rings. The third-order valence-corrected chi connectivity index (χ3v) is 5.58. The maximum absolute atomic E-state index is 12.8. The predicted molar refractivity (Wildman–Crippen MR) is 110 cm³/mol. The molecule has 2 N–H and O–H groups in total. The van der Waals surface area contributed by atoms with E-state index in [0.29, 0.717) is 0 Å². The van der Waals surface area contributed by atoms with Crippen LogP contribution >= 0.6 is 0 Å². The van der Waals surface area contributed by atoms with E-state index in [-0.39, 0.29) is 27.5 Å². The topological polar surface area (TPSA) is 118 Å². The van der Waals surface area contributed by atoms with Gasteiger partial charge in [-0.2, -0.15) is 13.2 Å². The number of carbonyl (C=O) groups excluding carboxylic acids is 1. The largest absolute Gasteiger partial charge is 0.416 e. The number of carbonyl (C=O) groups is 1. The Balaban J connectivity index is 1.77. The molecule has 0 unspecified atom stereocenters. The number of halogens is 3. The Hall–Kier alpha value is -3.93. The number of hydrogen-bond acceptors (Lipinski definition) is 5. The molecule has 3 aromatic carbocycles. The van der Waals surface area contributed by atoms with Crippen molar-refractivity contribution in [3.63, 3.8) is 0 Å². The Morgan fingerprint density at radius 3 is 2.16 bits per heavy atom. The lowest BCUT2D eigenvalue weighted by Gasteiger charge is -2.11. The van der Waals surface area contributed by atoms with E-state index in [1.807, 2.05) is 0 Å². The minimum atomic E-state index is -4.57. The number of rotatable bonds is 6. The molecule has 3 rings (SSSR count). The van der Waals surface area contributed by atoms with E-state index in [1.165, 1.54) is 30.3 Å². The number of nitro groups is 1. The van der Waals surface area contributed by atoms with E-state index >= 15 is 0 Å². The third-order valence-electron chi connectivity index (χ3n) is 4.18. The predicted octanol–water partition coefficient (Wildman–Crippen LogP) is 4.67.